The maximum atomic E-state index is 11.3. The monoisotopic (exact) mass is 513 g/mol. The van der Waals surface area contributed by atoms with E-state index < -0.39 is 11.9 Å². The van der Waals surface area contributed by atoms with Gasteiger partial charge in [-0.15, -0.1) is 0 Å². The molecule has 2 aromatic heterocycles. The van der Waals surface area contributed by atoms with E-state index in [9.17, 15) is 19.8 Å². The average molecular weight is 514 g/mol. The number of aromatic nitrogens is 2. The SMILES string of the molecule is CN1CCN(Cc2cccc(C(=O)O)n2)CCN(CCCN)CCN(Cc2cccc(C(=O)O)n2)CC1. The van der Waals surface area contributed by atoms with E-state index in [4.69, 9.17) is 5.73 Å². The van der Waals surface area contributed by atoms with E-state index in [1.165, 1.54) is 12.1 Å². The van der Waals surface area contributed by atoms with Crippen molar-refractivity contribution in [2.45, 2.75) is 19.5 Å². The van der Waals surface area contributed by atoms with Gasteiger partial charge in [0.25, 0.3) is 0 Å². The van der Waals surface area contributed by atoms with Crippen LogP contribution in [-0.2, 0) is 13.1 Å². The lowest BCUT2D eigenvalue weighted by Gasteiger charge is -2.33. The van der Waals surface area contributed by atoms with E-state index in [2.05, 4.69) is 36.6 Å². The highest BCUT2D eigenvalue weighted by Crippen LogP contribution is 2.09. The van der Waals surface area contributed by atoms with E-state index in [-0.39, 0.29) is 11.4 Å². The van der Waals surface area contributed by atoms with Gasteiger partial charge in [0.05, 0.1) is 11.4 Å². The summed E-state index contributed by atoms with van der Waals surface area (Å²) >= 11 is 0. The Labute approximate surface area is 218 Å². The molecule has 1 aliphatic rings. The molecule has 4 N–H and O–H groups in total. The third-order valence-electron chi connectivity index (χ3n) is 6.56. The van der Waals surface area contributed by atoms with Gasteiger partial charge in [0.15, 0.2) is 0 Å². The number of aromatic carboxylic acids is 2. The van der Waals surface area contributed by atoms with Gasteiger partial charge in [-0.05, 0) is 50.8 Å². The lowest BCUT2D eigenvalue weighted by molar-refractivity contribution is 0.0679. The molecule has 1 aliphatic heterocycles. The Hall–Kier alpha value is -2.96. The minimum absolute atomic E-state index is 0.0667. The van der Waals surface area contributed by atoms with Gasteiger partial charge < -0.3 is 25.7 Å². The van der Waals surface area contributed by atoms with E-state index in [0.29, 0.717) is 19.6 Å². The van der Waals surface area contributed by atoms with Crippen molar-refractivity contribution in [3.8, 4) is 0 Å². The van der Waals surface area contributed by atoms with Crippen LogP contribution in [0.2, 0.25) is 0 Å². The molecule has 11 nitrogen and oxygen atoms in total. The first-order valence-corrected chi connectivity index (χ1v) is 12.8. The summed E-state index contributed by atoms with van der Waals surface area (Å²) in [5.41, 5.74) is 7.45. The van der Waals surface area contributed by atoms with Crippen LogP contribution in [0, 0.1) is 0 Å². The van der Waals surface area contributed by atoms with Gasteiger partial charge in [-0.3, -0.25) is 9.80 Å². The fraction of sp³-hybridized carbons (Fsp3) is 0.538. The van der Waals surface area contributed by atoms with Crippen molar-refractivity contribution in [3.05, 3.63) is 59.2 Å². The van der Waals surface area contributed by atoms with Crippen LogP contribution in [0.1, 0.15) is 38.8 Å². The Balaban J connectivity index is 1.69. The van der Waals surface area contributed by atoms with E-state index in [0.717, 1.165) is 76.7 Å². The first-order chi connectivity index (χ1) is 17.8. The van der Waals surface area contributed by atoms with Crippen molar-refractivity contribution in [1.29, 1.82) is 0 Å². The molecule has 0 saturated carbocycles. The summed E-state index contributed by atoms with van der Waals surface area (Å²) in [7, 11) is 2.10. The van der Waals surface area contributed by atoms with Crippen LogP contribution >= 0.6 is 0 Å². The molecule has 3 heterocycles. The Bertz CT molecular complexity index is 946. The van der Waals surface area contributed by atoms with E-state index >= 15 is 0 Å². The molecule has 0 spiro atoms. The smallest absolute Gasteiger partial charge is 0.354 e. The summed E-state index contributed by atoms with van der Waals surface area (Å²) < 4.78 is 0. The number of hydrogen-bond donors (Lipinski definition) is 3. The zero-order valence-electron chi connectivity index (χ0n) is 21.6. The van der Waals surface area contributed by atoms with E-state index in [1.54, 1.807) is 12.1 Å². The third kappa shape index (κ3) is 9.78. The highest BCUT2D eigenvalue weighted by atomic mass is 16.4. The van der Waals surface area contributed by atoms with Crippen molar-refractivity contribution in [2.24, 2.45) is 5.73 Å². The minimum Gasteiger partial charge on any atom is -0.477 e. The fourth-order valence-electron chi connectivity index (χ4n) is 4.32. The van der Waals surface area contributed by atoms with Gasteiger partial charge in [0, 0.05) is 65.4 Å². The topological polar surface area (TPSA) is 139 Å². The third-order valence-corrected chi connectivity index (χ3v) is 6.56. The number of hydrogen-bond acceptors (Lipinski definition) is 9. The Morgan fingerprint density at radius 3 is 1.62 bits per heavy atom. The molecule has 202 valence electrons. The minimum atomic E-state index is -1.02. The molecular formula is C26H39N7O4. The quantitative estimate of drug-likeness (QED) is 0.438. The Kier molecular flexibility index (Phi) is 11.4. The Morgan fingerprint density at radius 2 is 1.19 bits per heavy atom. The Morgan fingerprint density at radius 1 is 0.757 bits per heavy atom. The summed E-state index contributed by atoms with van der Waals surface area (Å²) in [5, 5.41) is 18.6. The molecule has 0 bridgehead atoms. The van der Waals surface area contributed by atoms with Crippen LogP contribution in [0.15, 0.2) is 36.4 Å². The molecule has 0 aliphatic carbocycles. The number of rotatable bonds is 9. The van der Waals surface area contributed by atoms with Gasteiger partial charge in [-0.25, -0.2) is 19.6 Å². The molecule has 11 heteroatoms. The molecule has 0 atom stereocenters. The van der Waals surface area contributed by atoms with Gasteiger partial charge in [-0.1, -0.05) is 12.1 Å². The normalized spacial score (nSPS) is 17.7. The number of likely N-dealkylation sites (N-methyl/N-ethyl adjacent to an activating group) is 1. The maximum absolute atomic E-state index is 11.3. The summed E-state index contributed by atoms with van der Waals surface area (Å²) in [4.78, 5) is 40.7. The second-order valence-electron chi connectivity index (χ2n) is 9.48. The molecule has 0 aromatic carbocycles. The zero-order chi connectivity index (χ0) is 26.6. The van der Waals surface area contributed by atoms with Gasteiger partial charge in [0.2, 0.25) is 0 Å². The molecule has 0 unspecified atom stereocenters. The molecular weight excluding hydrogens is 474 g/mol. The highest BCUT2D eigenvalue weighted by Gasteiger charge is 2.17. The van der Waals surface area contributed by atoms with Crippen LogP contribution < -0.4 is 5.73 Å². The van der Waals surface area contributed by atoms with Crippen LogP contribution in [-0.4, -0.2) is 124 Å². The van der Waals surface area contributed by atoms with Crippen LogP contribution in [0.25, 0.3) is 0 Å². The summed E-state index contributed by atoms with van der Waals surface area (Å²) in [5.74, 6) is -2.03. The number of carboxylic acids is 2. The number of pyridine rings is 2. The predicted octanol–water partition coefficient (Wildman–Crippen LogP) is 0.773. The largest absolute Gasteiger partial charge is 0.477 e. The van der Waals surface area contributed by atoms with Crippen molar-refractivity contribution in [1.82, 2.24) is 29.6 Å². The van der Waals surface area contributed by atoms with Gasteiger partial charge in [-0.2, -0.15) is 0 Å². The number of nitrogens with zero attached hydrogens (tertiary/aromatic N) is 6. The summed E-state index contributed by atoms with van der Waals surface area (Å²) in [6, 6.07) is 10.3. The lowest BCUT2D eigenvalue weighted by atomic mass is 10.2. The molecule has 2 aromatic rings. The fourth-order valence-corrected chi connectivity index (χ4v) is 4.32. The lowest BCUT2D eigenvalue weighted by Crippen LogP contribution is -2.45. The summed E-state index contributed by atoms with van der Waals surface area (Å²) in [6.07, 6.45) is 0.910. The predicted molar refractivity (Wildman–Crippen MR) is 141 cm³/mol. The van der Waals surface area contributed by atoms with Crippen molar-refractivity contribution in [3.63, 3.8) is 0 Å². The van der Waals surface area contributed by atoms with E-state index in [1.807, 2.05) is 12.1 Å². The van der Waals surface area contributed by atoms with Crippen molar-refractivity contribution >= 4 is 11.9 Å². The van der Waals surface area contributed by atoms with Crippen LogP contribution in [0.4, 0.5) is 0 Å². The second kappa shape index (κ2) is 14.7. The highest BCUT2D eigenvalue weighted by molar-refractivity contribution is 5.85. The molecule has 37 heavy (non-hydrogen) atoms. The first-order valence-electron chi connectivity index (χ1n) is 12.8. The van der Waals surface area contributed by atoms with Gasteiger partial charge in [0.1, 0.15) is 11.4 Å². The molecule has 1 saturated heterocycles. The molecule has 0 radical (unpaired) electrons. The van der Waals surface area contributed by atoms with Crippen molar-refractivity contribution in [2.75, 3.05) is 72.5 Å². The van der Waals surface area contributed by atoms with Crippen LogP contribution in [0.5, 0.6) is 0 Å². The maximum Gasteiger partial charge on any atom is 0.354 e. The average Bonchev–Trinajstić information content (AvgIpc) is 2.88. The number of nitrogens with two attached hydrogens (primary N) is 1. The zero-order valence-corrected chi connectivity index (χ0v) is 21.6. The van der Waals surface area contributed by atoms with Gasteiger partial charge >= 0.3 is 11.9 Å². The molecule has 0 amide bonds. The standard InChI is InChI=1S/C26H39N7O4/c1-30-11-13-32(19-21-5-2-7-23(28-21)25(34)35)17-15-31(10-4-9-27)16-18-33(14-12-30)20-22-6-3-8-24(29-22)26(36)37/h2-3,5-8H,4,9-20,27H2,1H3,(H,34,35)(H,36,37). The second-order valence-corrected chi connectivity index (χ2v) is 9.48. The molecule has 1 fully saturated rings. The van der Waals surface area contributed by atoms with Crippen LogP contribution in [0.3, 0.4) is 0 Å². The van der Waals surface area contributed by atoms with Crippen molar-refractivity contribution < 1.29 is 19.8 Å². The summed E-state index contributed by atoms with van der Waals surface area (Å²) in [6.45, 7) is 9.51. The number of carbonyl (C=O) groups is 2. The first kappa shape index (κ1) is 28.6. The molecule has 3 rings (SSSR count). The number of carboxylic acid groups (broad SMARTS) is 2.